The zero-order chi connectivity index (χ0) is 26.0. The number of alkyl halides is 4. The number of halogens is 9. The number of benzene rings is 2. The van der Waals surface area contributed by atoms with Gasteiger partial charge in [-0.25, -0.2) is 8.78 Å². The van der Waals surface area contributed by atoms with Crippen LogP contribution >= 0.6 is 15.9 Å². The molecule has 0 radical (unpaired) electrons. The predicted molar refractivity (Wildman–Crippen MR) is 109 cm³/mol. The summed E-state index contributed by atoms with van der Waals surface area (Å²) in [4.78, 5) is 0. The summed E-state index contributed by atoms with van der Waals surface area (Å²) in [5.41, 5.74) is -1.65. The molecule has 0 aliphatic carbocycles. The third-order valence-electron chi connectivity index (χ3n) is 5.02. The van der Waals surface area contributed by atoms with Gasteiger partial charge in [0.15, 0.2) is 29.0 Å². The third kappa shape index (κ3) is 6.33. The summed E-state index contributed by atoms with van der Waals surface area (Å²) in [6.07, 6.45) is 0. The molecule has 0 unspecified atom stereocenters. The molecule has 1 aliphatic heterocycles. The summed E-state index contributed by atoms with van der Waals surface area (Å²) in [6, 6.07) is 4.02. The molecule has 1 fully saturated rings. The van der Waals surface area contributed by atoms with Gasteiger partial charge in [-0.05, 0) is 61.8 Å². The molecule has 4 nitrogen and oxygen atoms in total. The van der Waals surface area contributed by atoms with Gasteiger partial charge < -0.3 is 18.8 Å². The first-order valence-electron chi connectivity index (χ1n) is 9.44. The lowest BCUT2D eigenvalue weighted by molar-refractivity contribution is -0.0531. The summed E-state index contributed by atoms with van der Waals surface area (Å²) in [6.45, 7) is 0.632. The fraction of sp³-hybridized carbons (Fsp3) is 0.400. The zero-order valence-electron chi connectivity index (χ0n) is 18.1. The van der Waals surface area contributed by atoms with E-state index >= 15 is 0 Å². The fourth-order valence-corrected chi connectivity index (χ4v) is 2.89. The molecule has 0 amide bonds. The van der Waals surface area contributed by atoms with Gasteiger partial charge in [0.25, 0.3) is 0 Å². The number of rotatable bonds is 5. The minimum absolute atomic E-state index is 0.147. The van der Waals surface area contributed by atoms with Crippen molar-refractivity contribution in [2.24, 2.45) is 0 Å². The summed E-state index contributed by atoms with van der Waals surface area (Å²) in [5.74, 6) is -7.18. The molecular formula is C20H18BBrF8O4. The molecule has 2 aromatic rings. The first-order valence-corrected chi connectivity index (χ1v) is 10.2. The van der Waals surface area contributed by atoms with Crippen molar-refractivity contribution in [2.45, 2.75) is 52.1 Å². The molecule has 0 saturated carbocycles. The van der Waals surface area contributed by atoms with Gasteiger partial charge in [0.05, 0.1) is 15.7 Å². The van der Waals surface area contributed by atoms with Gasteiger partial charge in [-0.1, -0.05) is 6.07 Å². The number of ether oxygens (including phenoxy) is 2. The SMILES string of the molecule is CC1(C)OB(c2ccc(OC(F)F)c(F)c2F)OC1(C)C.Fc1c(Br)ccc(OC(F)F)c1F. The first-order chi connectivity index (χ1) is 15.6. The molecule has 34 heavy (non-hydrogen) atoms. The van der Waals surface area contributed by atoms with Gasteiger partial charge in [0, 0.05) is 5.46 Å². The molecule has 1 heterocycles. The number of hydrogen-bond acceptors (Lipinski definition) is 4. The van der Waals surface area contributed by atoms with E-state index in [0.29, 0.717) is 0 Å². The van der Waals surface area contributed by atoms with Crippen molar-refractivity contribution in [3.63, 3.8) is 0 Å². The van der Waals surface area contributed by atoms with Gasteiger partial charge in [0.1, 0.15) is 0 Å². The van der Waals surface area contributed by atoms with Crippen molar-refractivity contribution in [3.8, 4) is 11.5 Å². The molecule has 2 aromatic carbocycles. The smallest absolute Gasteiger partial charge is 0.432 e. The van der Waals surface area contributed by atoms with E-state index in [1.165, 1.54) is 0 Å². The fourth-order valence-electron chi connectivity index (χ4n) is 2.58. The van der Waals surface area contributed by atoms with Crippen molar-refractivity contribution in [3.05, 3.63) is 52.0 Å². The van der Waals surface area contributed by atoms with E-state index in [1.807, 2.05) is 0 Å². The maximum absolute atomic E-state index is 14.0. The van der Waals surface area contributed by atoms with Crippen LogP contribution in [0.2, 0.25) is 0 Å². The van der Waals surface area contributed by atoms with E-state index in [9.17, 15) is 35.1 Å². The highest BCUT2D eigenvalue weighted by Gasteiger charge is 2.52. The summed E-state index contributed by atoms with van der Waals surface area (Å²) >= 11 is 2.69. The van der Waals surface area contributed by atoms with Crippen LogP contribution in [0, 0.1) is 23.3 Å². The lowest BCUT2D eigenvalue weighted by Gasteiger charge is -2.32. The van der Waals surface area contributed by atoms with Gasteiger partial charge in [0.2, 0.25) is 5.82 Å². The van der Waals surface area contributed by atoms with Crippen molar-refractivity contribution < 1.29 is 53.9 Å². The van der Waals surface area contributed by atoms with Crippen LogP contribution < -0.4 is 14.9 Å². The highest BCUT2D eigenvalue weighted by molar-refractivity contribution is 9.10. The van der Waals surface area contributed by atoms with Gasteiger partial charge in [-0.15, -0.1) is 0 Å². The van der Waals surface area contributed by atoms with Crippen LogP contribution in [0.15, 0.2) is 28.7 Å². The Bertz CT molecular complexity index is 1010. The van der Waals surface area contributed by atoms with Gasteiger partial charge >= 0.3 is 20.3 Å². The average Bonchev–Trinajstić information content (AvgIpc) is 2.93. The molecule has 0 spiro atoms. The van der Waals surface area contributed by atoms with Crippen molar-refractivity contribution in [1.82, 2.24) is 0 Å². The highest BCUT2D eigenvalue weighted by Crippen LogP contribution is 2.37. The second-order valence-corrected chi connectivity index (χ2v) is 8.65. The first kappa shape index (κ1) is 28.2. The Morgan fingerprint density at radius 3 is 1.56 bits per heavy atom. The van der Waals surface area contributed by atoms with Crippen LogP contribution in [0.25, 0.3) is 0 Å². The molecule has 1 saturated heterocycles. The average molecular weight is 565 g/mol. The topological polar surface area (TPSA) is 36.9 Å². The van der Waals surface area contributed by atoms with Crippen LogP contribution in [0.3, 0.4) is 0 Å². The Morgan fingerprint density at radius 1 is 0.706 bits per heavy atom. The van der Waals surface area contributed by atoms with E-state index in [4.69, 9.17) is 9.31 Å². The molecule has 14 heteroatoms. The van der Waals surface area contributed by atoms with E-state index in [-0.39, 0.29) is 9.94 Å². The molecule has 0 N–H and O–H groups in total. The summed E-state index contributed by atoms with van der Waals surface area (Å²) < 4.78 is 119. The lowest BCUT2D eigenvalue weighted by Crippen LogP contribution is -2.41. The van der Waals surface area contributed by atoms with Crippen LogP contribution in [0.1, 0.15) is 27.7 Å². The second-order valence-electron chi connectivity index (χ2n) is 7.80. The quantitative estimate of drug-likeness (QED) is 0.246. The summed E-state index contributed by atoms with van der Waals surface area (Å²) in [5, 5.41) is 0. The third-order valence-corrected chi connectivity index (χ3v) is 5.63. The van der Waals surface area contributed by atoms with Crippen LogP contribution in [-0.4, -0.2) is 31.5 Å². The van der Waals surface area contributed by atoms with Crippen LogP contribution in [0.5, 0.6) is 11.5 Å². The Morgan fingerprint density at radius 2 is 1.12 bits per heavy atom. The molecule has 188 valence electrons. The minimum Gasteiger partial charge on any atom is -0.432 e. The van der Waals surface area contributed by atoms with E-state index in [2.05, 4.69) is 25.4 Å². The molecule has 0 bridgehead atoms. The van der Waals surface area contributed by atoms with Crippen LogP contribution in [-0.2, 0) is 9.31 Å². The van der Waals surface area contributed by atoms with Gasteiger partial charge in [-0.2, -0.15) is 26.3 Å². The van der Waals surface area contributed by atoms with Crippen LogP contribution in [0.4, 0.5) is 35.1 Å². The van der Waals surface area contributed by atoms with E-state index in [0.717, 1.165) is 24.3 Å². The number of hydrogen-bond donors (Lipinski definition) is 0. The van der Waals surface area contributed by atoms with Gasteiger partial charge in [-0.3, -0.25) is 0 Å². The lowest BCUT2D eigenvalue weighted by atomic mass is 9.78. The van der Waals surface area contributed by atoms with Crippen molar-refractivity contribution in [1.29, 1.82) is 0 Å². The largest absolute Gasteiger partial charge is 0.497 e. The normalized spacial score (nSPS) is 16.5. The monoisotopic (exact) mass is 564 g/mol. The molecule has 0 atom stereocenters. The Kier molecular flexibility index (Phi) is 8.86. The maximum atomic E-state index is 14.0. The molecule has 0 aromatic heterocycles. The van der Waals surface area contributed by atoms with E-state index < -0.39 is 66.3 Å². The predicted octanol–water partition coefficient (Wildman–Crippen LogP) is 6.19. The summed E-state index contributed by atoms with van der Waals surface area (Å²) in [7, 11) is -1.12. The Hall–Kier alpha value is -2.06. The maximum Gasteiger partial charge on any atom is 0.497 e. The zero-order valence-corrected chi connectivity index (χ0v) is 19.7. The van der Waals surface area contributed by atoms with Crippen molar-refractivity contribution in [2.75, 3.05) is 0 Å². The van der Waals surface area contributed by atoms with E-state index in [1.54, 1.807) is 27.7 Å². The second kappa shape index (κ2) is 10.7. The Balaban J connectivity index is 0.000000270. The molecular weight excluding hydrogens is 547 g/mol. The van der Waals surface area contributed by atoms with Crippen molar-refractivity contribution >= 4 is 28.5 Å². The molecule has 1 aliphatic rings. The molecule has 3 rings (SSSR count). The highest BCUT2D eigenvalue weighted by atomic mass is 79.9. The standard InChI is InChI=1S/C13H15BF4O3.C7H3BrF4O/c1-12(2)13(3,4)21-14(20-12)7-5-6-8(19-11(17)18)10(16)9(7)15;8-3-1-2-4(13-7(11)12)6(10)5(3)9/h5-6,11H,1-4H3;1-2,7H. The Labute approximate surface area is 198 Å². The minimum atomic E-state index is -3.23.